The zero-order valence-electron chi connectivity index (χ0n) is 7.65. The summed E-state index contributed by atoms with van der Waals surface area (Å²) in [4.78, 5) is 25.2. The van der Waals surface area contributed by atoms with Crippen LogP contribution in [0.3, 0.4) is 0 Å². The van der Waals surface area contributed by atoms with Gasteiger partial charge in [0.15, 0.2) is 0 Å². The van der Waals surface area contributed by atoms with Crippen LogP contribution >= 0.6 is 15.6 Å². The van der Waals surface area contributed by atoms with Crippen molar-refractivity contribution in [2.24, 2.45) is 5.73 Å². The molecule has 0 saturated heterocycles. The predicted molar refractivity (Wildman–Crippen MR) is 47.2 cm³/mol. The first kappa shape index (κ1) is 14.2. The molecule has 0 amide bonds. The van der Waals surface area contributed by atoms with Gasteiger partial charge in [-0.25, -0.2) is 9.13 Å². The van der Waals surface area contributed by atoms with Crippen LogP contribution in [0.25, 0.3) is 0 Å². The standard InChI is InChI=1S/C4H13NO7P2/c1-4(2,5)3-11-14(9,10)12-13(6,7)8/h3,5H2,1-2H3,(H,9,10)(H2,6,7,8). The van der Waals surface area contributed by atoms with E-state index >= 15 is 0 Å². The molecular formula is C4H13NO7P2. The molecule has 0 aromatic carbocycles. The molecular weight excluding hydrogens is 236 g/mol. The minimum absolute atomic E-state index is 0.374. The number of phosphoric ester groups is 1. The number of hydrogen-bond donors (Lipinski definition) is 4. The Bertz CT molecular complexity index is 278. The largest absolute Gasteiger partial charge is 0.481 e. The molecule has 1 unspecified atom stereocenters. The zero-order chi connectivity index (χ0) is 11.6. The average Bonchev–Trinajstić information content (AvgIpc) is 1.76. The van der Waals surface area contributed by atoms with E-state index in [0.29, 0.717) is 0 Å². The van der Waals surface area contributed by atoms with Crippen LogP contribution in [-0.4, -0.2) is 26.8 Å². The minimum Gasteiger partial charge on any atom is -0.324 e. The van der Waals surface area contributed by atoms with Gasteiger partial charge in [-0.1, -0.05) is 0 Å². The highest BCUT2D eigenvalue weighted by molar-refractivity contribution is 7.60. The van der Waals surface area contributed by atoms with Crippen LogP contribution in [0.5, 0.6) is 0 Å². The fourth-order valence-electron chi connectivity index (χ4n) is 0.406. The lowest BCUT2D eigenvalue weighted by Crippen LogP contribution is -2.37. The highest BCUT2D eigenvalue weighted by Gasteiger charge is 2.33. The van der Waals surface area contributed by atoms with Gasteiger partial charge in [-0.15, -0.1) is 0 Å². The Labute approximate surface area is 80.9 Å². The highest BCUT2D eigenvalue weighted by Crippen LogP contribution is 2.57. The molecule has 86 valence electrons. The quantitative estimate of drug-likeness (QED) is 0.497. The second kappa shape index (κ2) is 4.38. The van der Waals surface area contributed by atoms with Gasteiger partial charge in [0.25, 0.3) is 0 Å². The zero-order valence-corrected chi connectivity index (χ0v) is 9.44. The van der Waals surface area contributed by atoms with Crippen LogP contribution in [0.2, 0.25) is 0 Å². The van der Waals surface area contributed by atoms with Crippen LogP contribution < -0.4 is 5.73 Å². The van der Waals surface area contributed by atoms with Crippen molar-refractivity contribution >= 4 is 15.6 Å². The van der Waals surface area contributed by atoms with Gasteiger partial charge in [-0.2, -0.15) is 4.31 Å². The fourth-order valence-corrected chi connectivity index (χ4v) is 2.17. The Morgan fingerprint density at radius 3 is 2.00 bits per heavy atom. The van der Waals surface area contributed by atoms with E-state index in [0.717, 1.165) is 0 Å². The molecule has 0 heterocycles. The van der Waals surface area contributed by atoms with E-state index in [4.69, 9.17) is 20.4 Å². The van der Waals surface area contributed by atoms with E-state index in [1.54, 1.807) is 0 Å². The van der Waals surface area contributed by atoms with Crippen molar-refractivity contribution in [1.82, 2.24) is 0 Å². The molecule has 1 atom stereocenters. The highest BCUT2D eigenvalue weighted by atomic mass is 31.3. The number of rotatable bonds is 5. The molecule has 0 aromatic heterocycles. The molecule has 0 saturated carbocycles. The van der Waals surface area contributed by atoms with E-state index in [9.17, 15) is 9.13 Å². The van der Waals surface area contributed by atoms with E-state index in [1.807, 2.05) is 0 Å². The molecule has 8 nitrogen and oxygen atoms in total. The summed E-state index contributed by atoms with van der Waals surface area (Å²) in [5.74, 6) is 0. The Hall–Kier alpha value is 0.220. The molecule has 0 aliphatic rings. The minimum atomic E-state index is -5.05. The summed E-state index contributed by atoms with van der Waals surface area (Å²) in [5, 5.41) is 0. The molecule has 10 heteroatoms. The van der Waals surface area contributed by atoms with E-state index in [-0.39, 0.29) is 6.61 Å². The molecule has 0 fully saturated rings. The SMILES string of the molecule is CC(C)(N)COP(=O)(O)OP(=O)(O)O. The first-order valence-corrected chi connectivity index (χ1v) is 6.47. The van der Waals surface area contributed by atoms with Crippen LogP contribution in [0.15, 0.2) is 0 Å². The van der Waals surface area contributed by atoms with Gasteiger partial charge in [0, 0.05) is 5.54 Å². The summed E-state index contributed by atoms with van der Waals surface area (Å²) in [5.41, 5.74) is 4.49. The van der Waals surface area contributed by atoms with E-state index in [1.165, 1.54) is 13.8 Å². The van der Waals surface area contributed by atoms with Crippen LogP contribution in [0.4, 0.5) is 0 Å². The van der Waals surface area contributed by atoms with Gasteiger partial charge in [0.2, 0.25) is 0 Å². The molecule has 5 N–H and O–H groups in total. The first-order chi connectivity index (χ1) is 5.91. The molecule has 0 aromatic rings. The fraction of sp³-hybridized carbons (Fsp3) is 1.00. The van der Waals surface area contributed by atoms with E-state index in [2.05, 4.69) is 8.83 Å². The third-order valence-corrected chi connectivity index (χ3v) is 2.94. The molecule has 0 aliphatic heterocycles. The summed E-state index contributed by atoms with van der Waals surface area (Å²) in [6.45, 7) is 2.63. The Morgan fingerprint density at radius 2 is 1.71 bits per heavy atom. The maximum Gasteiger partial charge on any atom is 0.481 e. The van der Waals surface area contributed by atoms with Gasteiger partial charge < -0.3 is 20.4 Å². The first-order valence-electron chi connectivity index (χ1n) is 3.44. The third kappa shape index (κ3) is 8.80. The van der Waals surface area contributed by atoms with Gasteiger partial charge in [0.1, 0.15) is 0 Å². The topological polar surface area (TPSA) is 139 Å². The normalized spacial score (nSPS) is 17.9. The summed E-state index contributed by atoms with van der Waals surface area (Å²) in [7, 11) is -9.80. The second-order valence-electron chi connectivity index (χ2n) is 3.30. The van der Waals surface area contributed by atoms with Gasteiger partial charge in [0.05, 0.1) is 6.61 Å². The van der Waals surface area contributed by atoms with Crippen molar-refractivity contribution in [2.45, 2.75) is 19.4 Å². The predicted octanol–water partition coefficient (Wildman–Crippen LogP) is -0.0500. The Morgan fingerprint density at radius 1 is 1.29 bits per heavy atom. The number of nitrogens with two attached hydrogens (primary N) is 1. The summed E-state index contributed by atoms with van der Waals surface area (Å²) < 4.78 is 28.8. The van der Waals surface area contributed by atoms with Crippen LogP contribution in [-0.2, 0) is 18.0 Å². The van der Waals surface area contributed by atoms with E-state index < -0.39 is 21.2 Å². The lowest BCUT2D eigenvalue weighted by Gasteiger charge is -2.20. The molecule has 0 spiro atoms. The molecule has 14 heavy (non-hydrogen) atoms. The van der Waals surface area contributed by atoms with Crippen molar-refractivity contribution in [3.05, 3.63) is 0 Å². The van der Waals surface area contributed by atoms with Gasteiger partial charge in [-0.3, -0.25) is 4.52 Å². The average molecular weight is 249 g/mol. The molecule has 0 bridgehead atoms. The Balaban J connectivity index is 4.24. The lowest BCUT2D eigenvalue weighted by molar-refractivity contribution is 0.154. The van der Waals surface area contributed by atoms with Gasteiger partial charge in [-0.05, 0) is 13.8 Å². The maximum absolute atomic E-state index is 10.8. The number of hydrogen-bond acceptors (Lipinski definition) is 5. The van der Waals surface area contributed by atoms with Crippen LogP contribution in [0, 0.1) is 0 Å². The van der Waals surface area contributed by atoms with Crippen molar-refractivity contribution in [3.63, 3.8) is 0 Å². The summed E-state index contributed by atoms with van der Waals surface area (Å²) in [6.07, 6.45) is 0. The van der Waals surface area contributed by atoms with Crippen molar-refractivity contribution in [1.29, 1.82) is 0 Å². The summed E-state index contributed by atoms with van der Waals surface area (Å²) >= 11 is 0. The van der Waals surface area contributed by atoms with Crippen molar-refractivity contribution < 1.29 is 32.6 Å². The molecule has 0 radical (unpaired) electrons. The van der Waals surface area contributed by atoms with Crippen molar-refractivity contribution in [2.75, 3.05) is 6.61 Å². The van der Waals surface area contributed by atoms with Crippen LogP contribution in [0.1, 0.15) is 13.8 Å². The third-order valence-electron chi connectivity index (χ3n) is 0.809. The lowest BCUT2D eigenvalue weighted by atomic mass is 10.1. The second-order valence-corrected chi connectivity index (χ2v) is 6.13. The summed E-state index contributed by atoms with van der Waals surface area (Å²) in [6, 6.07) is 0. The van der Waals surface area contributed by atoms with Gasteiger partial charge >= 0.3 is 15.6 Å². The molecule has 0 aliphatic carbocycles. The monoisotopic (exact) mass is 249 g/mol. The van der Waals surface area contributed by atoms with Crippen molar-refractivity contribution in [3.8, 4) is 0 Å². The Kier molecular flexibility index (Phi) is 4.45. The molecule has 0 rings (SSSR count). The maximum atomic E-state index is 10.8. The smallest absolute Gasteiger partial charge is 0.324 e. The number of phosphoric acid groups is 2.